The smallest absolute Gasteiger partial charge is 0.126 e. The SMILES string of the molecule is CC(C)=O.N.c1ccccc1. The highest BCUT2D eigenvalue weighted by Crippen LogP contribution is 1.79. The van der Waals surface area contributed by atoms with E-state index in [4.69, 9.17) is 0 Å². The topological polar surface area (TPSA) is 52.1 Å². The van der Waals surface area contributed by atoms with Gasteiger partial charge in [-0.1, -0.05) is 36.4 Å². The molecule has 0 aromatic heterocycles. The van der Waals surface area contributed by atoms with Crippen LogP contribution in [0.2, 0.25) is 0 Å². The fourth-order valence-electron chi connectivity index (χ4n) is 0.385. The predicted molar refractivity (Wildman–Crippen MR) is 47.8 cm³/mol. The molecule has 0 saturated carbocycles. The third kappa shape index (κ3) is 17.7. The molecule has 0 radical (unpaired) electrons. The first kappa shape index (κ1) is 12.5. The average molecular weight is 153 g/mol. The molecule has 0 amide bonds. The summed E-state index contributed by atoms with van der Waals surface area (Å²) in [6, 6.07) is 12.0. The molecule has 62 valence electrons. The normalized spacial score (nSPS) is 6.73. The van der Waals surface area contributed by atoms with Crippen molar-refractivity contribution in [1.29, 1.82) is 0 Å². The standard InChI is InChI=1S/C6H6.C3H6O.H3N/c1-2-4-6-5-3-1;1-3(2)4;/h1-6H;1-2H3;1H3. The number of carbonyl (C=O) groups excluding carboxylic acids is 1. The molecule has 1 aromatic rings. The Balaban J connectivity index is 0. The van der Waals surface area contributed by atoms with Crippen LogP contribution in [0.5, 0.6) is 0 Å². The molecule has 1 aromatic carbocycles. The fraction of sp³-hybridized carbons (Fsp3) is 0.222. The van der Waals surface area contributed by atoms with Crippen LogP contribution in [0.25, 0.3) is 0 Å². The molecule has 0 bridgehead atoms. The number of rotatable bonds is 0. The van der Waals surface area contributed by atoms with Gasteiger partial charge in [0.1, 0.15) is 5.78 Å². The number of hydrogen-bond acceptors (Lipinski definition) is 2. The third-order valence-electron chi connectivity index (χ3n) is 0.667. The van der Waals surface area contributed by atoms with Gasteiger partial charge >= 0.3 is 0 Å². The minimum Gasteiger partial charge on any atom is -0.344 e. The number of hydrogen-bond donors (Lipinski definition) is 1. The van der Waals surface area contributed by atoms with Crippen molar-refractivity contribution >= 4 is 5.78 Å². The molecule has 0 saturated heterocycles. The molecule has 0 atom stereocenters. The van der Waals surface area contributed by atoms with E-state index in [0.717, 1.165) is 0 Å². The van der Waals surface area contributed by atoms with E-state index < -0.39 is 0 Å². The van der Waals surface area contributed by atoms with Gasteiger partial charge in [-0.2, -0.15) is 0 Å². The van der Waals surface area contributed by atoms with Gasteiger partial charge in [0, 0.05) is 0 Å². The molecule has 0 spiro atoms. The van der Waals surface area contributed by atoms with E-state index in [2.05, 4.69) is 0 Å². The summed E-state index contributed by atoms with van der Waals surface area (Å²) in [5.74, 6) is 0.167. The van der Waals surface area contributed by atoms with Gasteiger partial charge in [0.05, 0.1) is 0 Å². The van der Waals surface area contributed by atoms with Crippen molar-refractivity contribution in [3.63, 3.8) is 0 Å². The van der Waals surface area contributed by atoms with Crippen LogP contribution in [0.1, 0.15) is 13.8 Å². The minimum atomic E-state index is 0. The lowest BCUT2D eigenvalue weighted by Gasteiger charge is -1.69. The summed E-state index contributed by atoms with van der Waals surface area (Å²) < 4.78 is 0. The maximum absolute atomic E-state index is 9.44. The Morgan fingerprint density at radius 1 is 0.818 bits per heavy atom. The van der Waals surface area contributed by atoms with E-state index in [0.29, 0.717) is 0 Å². The van der Waals surface area contributed by atoms with E-state index in [1.807, 2.05) is 36.4 Å². The maximum atomic E-state index is 9.44. The summed E-state index contributed by atoms with van der Waals surface area (Å²) in [5.41, 5.74) is 0. The highest BCUT2D eigenvalue weighted by molar-refractivity contribution is 5.72. The van der Waals surface area contributed by atoms with Gasteiger partial charge < -0.3 is 10.9 Å². The van der Waals surface area contributed by atoms with Crippen LogP contribution in [-0.2, 0) is 4.79 Å². The monoisotopic (exact) mass is 153 g/mol. The Labute approximate surface area is 67.8 Å². The zero-order valence-electron chi connectivity index (χ0n) is 7.08. The average Bonchev–Trinajstić information content (AvgIpc) is 1.90. The van der Waals surface area contributed by atoms with Crippen LogP contribution in [-0.4, -0.2) is 5.78 Å². The molecule has 2 heteroatoms. The van der Waals surface area contributed by atoms with Crippen LogP contribution in [0.4, 0.5) is 0 Å². The quantitative estimate of drug-likeness (QED) is 0.622. The Hall–Kier alpha value is -1.15. The van der Waals surface area contributed by atoms with Crippen molar-refractivity contribution in [2.45, 2.75) is 13.8 Å². The first-order valence-electron chi connectivity index (χ1n) is 3.20. The van der Waals surface area contributed by atoms with Crippen molar-refractivity contribution < 1.29 is 4.79 Å². The summed E-state index contributed by atoms with van der Waals surface area (Å²) in [4.78, 5) is 9.44. The Kier molecular flexibility index (Phi) is 10.1. The molecule has 1 rings (SSSR count). The second-order valence-electron chi connectivity index (χ2n) is 2.06. The molecule has 0 aliphatic carbocycles. The van der Waals surface area contributed by atoms with Crippen LogP contribution in [0, 0.1) is 0 Å². The maximum Gasteiger partial charge on any atom is 0.126 e. The number of benzene rings is 1. The predicted octanol–water partition coefficient (Wildman–Crippen LogP) is 2.44. The van der Waals surface area contributed by atoms with Crippen LogP contribution >= 0.6 is 0 Å². The molecule has 0 aliphatic heterocycles. The van der Waals surface area contributed by atoms with E-state index in [9.17, 15) is 4.79 Å². The number of carbonyl (C=O) groups is 1. The summed E-state index contributed by atoms with van der Waals surface area (Å²) in [5, 5.41) is 0. The first-order chi connectivity index (χ1) is 4.73. The van der Waals surface area contributed by atoms with Crippen LogP contribution < -0.4 is 6.15 Å². The molecule has 0 aliphatic rings. The van der Waals surface area contributed by atoms with Crippen molar-refractivity contribution in [3.8, 4) is 0 Å². The van der Waals surface area contributed by atoms with Crippen molar-refractivity contribution in [3.05, 3.63) is 36.4 Å². The van der Waals surface area contributed by atoms with Crippen molar-refractivity contribution in [2.24, 2.45) is 0 Å². The largest absolute Gasteiger partial charge is 0.344 e. The van der Waals surface area contributed by atoms with Gasteiger partial charge in [-0.15, -0.1) is 0 Å². The molecule has 0 heterocycles. The summed E-state index contributed by atoms with van der Waals surface area (Å²) >= 11 is 0. The number of ketones is 1. The first-order valence-corrected chi connectivity index (χ1v) is 3.20. The molecule has 11 heavy (non-hydrogen) atoms. The summed E-state index contributed by atoms with van der Waals surface area (Å²) in [6.45, 7) is 3.06. The lowest BCUT2D eigenvalue weighted by Crippen LogP contribution is -1.69. The summed E-state index contributed by atoms with van der Waals surface area (Å²) in [7, 11) is 0. The van der Waals surface area contributed by atoms with Gasteiger partial charge in [0.2, 0.25) is 0 Å². The van der Waals surface area contributed by atoms with Gasteiger partial charge in [0.25, 0.3) is 0 Å². The van der Waals surface area contributed by atoms with Crippen molar-refractivity contribution in [1.82, 2.24) is 6.15 Å². The van der Waals surface area contributed by atoms with Crippen LogP contribution in [0.3, 0.4) is 0 Å². The van der Waals surface area contributed by atoms with Gasteiger partial charge in [-0.05, 0) is 13.8 Å². The third-order valence-corrected chi connectivity index (χ3v) is 0.667. The van der Waals surface area contributed by atoms with Gasteiger partial charge in [-0.25, -0.2) is 0 Å². The van der Waals surface area contributed by atoms with Crippen molar-refractivity contribution in [2.75, 3.05) is 0 Å². The van der Waals surface area contributed by atoms with Gasteiger partial charge in [-0.3, -0.25) is 0 Å². The van der Waals surface area contributed by atoms with Gasteiger partial charge in [0.15, 0.2) is 0 Å². The molecule has 0 unspecified atom stereocenters. The van der Waals surface area contributed by atoms with E-state index in [1.54, 1.807) is 0 Å². The zero-order valence-corrected chi connectivity index (χ0v) is 7.08. The Morgan fingerprint density at radius 3 is 1.00 bits per heavy atom. The molecular weight excluding hydrogens is 138 g/mol. The lowest BCUT2D eigenvalue weighted by molar-refractivity contribution is -0.114. The van der Waals surface area contributed by atoms with E-state index >= 15 is 0 Å². The Morgan fingerprint density at radius 2 is 0.909 bits per heavy atom. The fourth-order valence-corrected chi connectivity index (χ4v) is 0.385. The molecule has 2 nitrogen and oxygen atoms in total. The lowest BCUT2D eigenvalue weighted by atomic mass is 10.4. The molecule has 0 fully saturated rings. The van der Waals surface area contributed by atoms with E-state index in [1.165, 1.54) is 13.8 Å². The summed E-state index contributed by atoms with van der Waals surface area (Å²) in [6.07, 6.45) is 0. The zero-order chi connectivity index (χ0) is 7.82. The highest BCUT2D eigenvalue weighted by atomic mass is 16.1. The molecule has 3 N–H and O–H groups in total. The highest BCUT2D eigenvalue weighted by Gasteiger charge is 1.62. The second-order valence-corrected chi connectivity index (χ2v) is 2.06. The van der Waals surface area contributed by atoms with E-state index in [-0.39, 0.29) is 11.9 Å². The van der Waals surface area contributed by atoms with Crippen LogP contribution in [0.15, 0.2) is 36.4 Å². The number of Topliss-reactive ketones (excluding diaryl/α,β-unsaturated/α-hetero) is 1. The minimum absolute atomic E-state index is 0. The molecular formula is C9H15NO. The Bertz CT molecular complexity index is 141. The second kappa shape index (κ2) is 8.85.